The van der Waals surface area contributed by atoms with Gasteiger partial charge in [-0.25, -0.2) is 0 Å². The highest BCUT2D eigenvalue weighted by molar-refractivity contribution is 8.00. The van der Waals surface area contributed by atoms with Crippen LogP contribution in [-0.4, -0.2) is 53.7 Å². The van der Waals surface area contributed by atoms with Gasteiger partial charge in [0.1, 0.15) is 6.04 Å². The van der Waals surface area contributed by atoms with Crippen molar-refractivity contribution >= 4 is 35.4 Å². The van der Waals surface area contributed by atoms with Crippen LogP contribution in [0.1, 0.15) is 58.6 Å². The summed E-state index contributed by atoms with van der Waals surface area (Å²) in [6.07, 6.45) is 2.81. The third-order valence-corrected chi connectivity index (χ3v) is 9.24. The fraction of sp³-hybridized carbons (Fsp3) is 0.344. The molecule has 0 aliphatic carbocycles. The molecule has 2 saturated heterocycles. The Bertz CT molecular complexity index is 1420. The van der Waals surface area contributed by atoms with Crippen molar-refractivity contribution in [1.82, 2.24) is 15.1 Å². The molecular formula is C32H34N4O3S. The zero-order chi connectivity index (χ0) is 27.6. The first kappa shape index (κ1) is 26.6. The van der Waals surface area contributed by atoms with Crippen molar-refractivity contribution in [2.75, 3.05) is 24.4 Å². The van der Waals surface area contributed by atoms with Crippen molar-refractivity contribution < 1.29 is 14.4 Å². The number of carbonyl (C=O) groups is 3. The van der Waals surface area contributed by atoms with Crippen LogP contribution in [0.3, 0.4) is 0 Å². The molecule has 0 saturated carbocycles. The zero-order valence-corrected chi connectivity index (χ0v) is 23.5. The zero-order valence-electron chi connectivity index (χ0n) is 22.7. The van der Waals surface area contributed by atoms with E-state index in [2.05, 4.69) is 82.2 Å². The van der Waals surface area contributed by atoms with Crippen LogP contribution in [0.15, 0.2) is 77.7 Å². The average molecular weight is 555 g/mol. The fourth-order valence-electron chi connectivity index (χ4n) is 6.07. The van der Waals surface area contributed by atoms with Crippen LogP contribution in [0, 0.1) is 0 Å². The molecule has 0 bridgehead atoms. The minimum absolute atomic E-state index is 0.110. The number of piperidine rings is 2. The molecule has 6 rings (SSSR count). The number of nitrogens with zero attached hydrogens (tertiary/aromatic N) is 3. The van der Waals surface area contributed by atoms with Crippen molar-refractivity contribution in [2.45, 2.75) is 55.6 Å². The first-order chi connectivity index (χ1) is 19.4. The second kappa shape index (κ2) is 11.5. The summed E-state index contributed by atoms with van der Waals surface area (Å²) in [5.41, 5.74) is 5.46. The molecule has 8 heteroatoms. The number of amides is 3. The van der Waals surface area contributed by atoms with Gasteiger partial charge in [0.05, 0.1) is 0 Å². The molecule has 1 unspecified atom stereocenters. The molecule has 0 radical (unpaired) electrons. The third-order valence-electron chi connectivity index (χ3n) is 8.27. The molecule has 206 valence electrons. The molecule has 7 nitrogen and oxygen atoms in total. The van der Waals surface area contributed by atoms with Gasteiger partial charge < -0.3 is 9.21 Å². The Kier molecular flexibility index (Phi) is 7.63. The normalized spacial score (nSPS) is 20.0. The van der Waals surface area contributed by atoms with E-state index >= 15 is 0 Å². The van der Waals surface area contributed by atoms with E-state index in [1.165, 1.54) is 21.7 Å². The molecule has 1 atom stereocenters. The van der Waals surface area contributed by atoms with E-state index in [1.807, 2.05) is 12.1 Å². The summed E-state index contributed by atoms with van der Waals surface area (Å²) in [5.74, 6) is -0.278. The number of hydrogen-bond acceptors (Lipinski definition) is 6. The monoisotopic (exact) mass is 554 g/mol. The third kappa shape index (κ3) is 5.64. The Morgan fingerprint density at radius 3 is 2.50 bits per heavy atom. The van der Waals surface area contributed by atoms with Crippen LogP contribution in [0.4, 0.5) is 5.69 Å². The molecular weight excluding hydrogens is 520 g/mol. The van der Waals surface area contributed by atoms with E-state index in [4.69, 9.17) is 0 Å². The lowest BCUT2D eigenvalue weighted by Gasteiger charge is -2.32. The van der Waals surface area contributed by atoms with Crippen LogP contribution < -0.4 is 9.62 Å². The summed E-state index contributed by atoms with van der Waals surface area (Å²) in [5, 5.41) is 2.38. The fourth-order valence-corrected chi connectivity index (χ4v) is 6.89. The van der Waals surface area contributed by atoms with E-state index in [0.717, 1.165) is 38.0 Å². The van der Waals surface area contributed by atoms with Crippen LogP contribution in [0.25, 0.3) is 0 Å². The predicted molar refractivity (Wildman–Crippen MR) is 157 cm³/mol. The van der Waals surface area contributed by atoms with Crippen LogP contribution in [-0.2, 0) is 22.7 Å². The number of hydrogen-bond donors (Lipinski definition) is 1. The summed E-state index contributed by atoms with van der Waals surface area (Å²) >= 11 is 1.73. The first-order valence-electron chi connectivity index (χ1n) is 14.0. The summed E-state index contributed by atoms with van der Waals surface area (Å²) in [6.45, 7) is 3.42. The number of rotatable bonds is 7. The topological polar surface area (TPSA) is 73.0 Å². The van der Waals surface area contributed by atoms with Gasteiger partial charge in [0, 0.05) is 42.7 Å². The predicted octanol–water partition coefficient (Wildman–Crippen LogP) is 4.97. The SMILES string of the molecule is CN(Sc1ccccc1)c1cccc(CN2CCC(c3ccc4c(c3)CN(C3CCC(=O)NC3=O)C4=O)CC2)c1. The molecule has 3 aliphatic rings. The molecule has 0 spiro atoms. The maximum atomic E-state index is 13.0. The lowest BCUT2D eigenvalue weighted by Crippen LogP contribution is -2.52. The highest BCUT2D eigenvalue weighted by Gasteiger charge is 2.39. The molecule has 0 aromatic heterocycles. The second-order valence-corrected chi connectivity index (χ2v) is 12.1. The maximum Gasteiger partial charge on any atom is 0.255 e. The Hall–Kier alpha value is -3.62. The molecule has 3 aromatic rings. The van der Waals surface area contributed by atoms with E-state index < -0.39 is 6.04 Å². The number of likely N-dealkylation sites (tertiary alicyclic amines) is 1. The van der Waals surface area contributed by atoms with Crippen molar-refractivity contribution in [2.24, 2.45) is 0 Å². The Labute approximate surface area is 239 Å². The first-order valence-corrected chi connectivity index (χ1v) is 14.8. The van der Waals surface area contributed by atoms with E-state index in [1.54, 1.807) is 16.8 Å². The number of carbonyl (C=O) groups excluding carboxylic acids is 3. The van der Waals surface area contributed by atoms with Gasteiger partial charge in [0.2, 0.25) is 11.8 Å². The Balaban J connectivity index is 1.05. The summed E-state index contributed by atoms with van der Waals surface area (Å²) in [4.78, 5) is 42.3. The van der Waals surface area contributed by atoms with Gasteiger partial charge in [-0.1, -0.05) is 42.5 Å². The number of anilines is 1. The summed E-state index contributed by atoms with van der Waals surface area (Å²) in [6, 6.07) is 24.8. The number of nitrogens with one attached hydrogen (secondary N) is 1. The summed E-state index contributed by atoms with van der Waals surface area (Å²) < 4.78 is 2.21. The quantitative estimate of drug-likeness (QED) is 0.329. The average Bonchev–Trinajstić information content (AvgIpc) is 3.29. The highest BCUT2D eigenvalue weighted by Crippen LogP contribution is 2.34. The van der Waals surface area contributed by atoms with Gasteiger partial charge in [-0.2, -0.15) is 0 Å². The van der Waals surface area contributed by atoms with E-state index in [0.29, 0.717) is 24.4 Å². The van der Waals surface area contributed by atoms with Crippen LogP contribution >= 0.6 is 11.9 Å². The van der Waals surface area contributed by atoms with Gasteiger partial charge >= 0.3 is 0 Å². The number of fused-ring (bicyclic) bond motifs is 1. The Morgan fingerprint density at radius 2 is 1.73 bits per heavy atom. The van der Waals surface area contributed by atoms with Crippen molar-refractivity contribution in [3.05, 3.63) is 95.1 Å². The summed E-state index contributed by atoms with van der Waals surface area (Å²) in [7, 11) is 2.11. The van der Waals surface area contributed by atoms with E-state index in [9.17, 15) is 14.4 Å². The smallest absolute Gasteiger partial charge is 0.255 e. The number of benzene rings is 3. The van der Waals surface area contributed by atoms with Gasteiger partial charge in [0.25, 0.3) is 5.91 Å². The molecule has 3 heterocycles. The largest absolute Gasteiger partial charge is 0.322 e. The molecule has 3 aromatic carbocycles. The van der Waals surface area contributed by atoms with Gasteiger partial charge in [-0.05, 0) is 97.2 Å². The minimum Gasteiger partial charge on any atom is -0.322 e. The standard InChI is InChI=1S/C32H34N4O3S/c1-34(40-27-8-3-2-4-9-27)26-7-5-6-22(18-26)20-35-16-14-23(15-17-35)24-10-11-28-25(19-24)21-36(32(28)39)29-12-13-30(37)33-31(29)38/h2-11,18-19,23,29H,12-17,20-21H2,1H3,(H,33,37,38). The van der Waals surface area contributed by atoms with Crippen molar-refractivity contribution in [1.29, 1.82) is 0 Å². The maximum absolute atomic E-state index is 13.0. The lowest BCUT2D eigenvalue weighted by molar-refractivity contribution is -0.136. The lowest BCUT2D eigenvalue weighted by atomic mass is 9.87. The van der Waals surface area contributed by atoms with Crippen molar-refractivity contribution in [3.8, 4) is 0 Å². The van der Waals surface area contributed by atoms with Gasteiger partial charge in [-0.15, -0.1) is 0 Å². The number of imide groups is 1. The van der Waals surface area contributed by atoms with E-state index in [-0.39, 0.29) is 24.1 Å². The molecule has 3 amide bonds. The van der Waals surface area contributed by atoms with Gasteiger partial charge in [0.15, 0.2) is 0 Å². The highest BCUT2D eigenvalue weighted by atomic mass is 32.2. The van der Waals surface area contributed by atoms with Crippen molar-refractivity contribution in [3.63, 3.8) is 0 Å². The van der Waals surface area contributed by atoms with Gasteiger partial charge in [-0.3, -0.25) is 24.6 Å². The molecule has 2 fully saturated rings. The minimum atomic E-state index is -0.570. The van der Waals surface area contributed by atoms with Crippen LogP contribution in [0.2, 0.25) is 0 Å². The molecule has 40 heavy (non-hydrogen) atoms. The molecule has 1 N–H and O–H groups in total. The second-order valence-electron chi connectivity index (χ2n) is 10.9. The van der Waals surface area contributed by atoms with Crippen LogP contribution in [0.5, 0.6) is 0 Å². The Morgan fingerprint density at radius 1 is 0.925 bits per heavy atom. The molecule has 3 aliphatic heterocycles.